The van der Waals surface area contributed by atoms with E-state index in [9.17, 15) is 50.6 Å². The Labute approximate surface area is 276 Å². The standard InChI is InChI=1S/C31H36F6N6O6/c32-30(33,34)20-4-1-18(2-5-20)9-13-38-27(47)22-12-16-43(22)24-17-23(40-29(41-24)31(35,36)37)42-14-10-19(11-15-42)3-7-25(44)39-21(28(48)49)6-8-26(45)46/h1-2,4-5,17,19,21-22H,3,6-16H2,(H,38,47)(H,39,44)(H,45,46)(H,48,49). The smallest absolute Gasteiger partial charge is 0.451 e. The van der Waals surface area contributed by atoms with Crippen molar-refractivity contribution < 1.29 is 55.7 Å². The molecule has 0 saturated carbocycles. The summed E-state index contributed by atoms with van der Waals surface area (Å²) >= 11 is 0. The average Bonchev–Trinajstić information content (AvgIpc) is 3.01. The lowest BCUT2D eigenvalue weighted by Crippen LogP contribution is -2.57. The van der Waals surface area contributed by atoms with E-state index in [4.69, 9.17) is 5.11 Å². The number of carboxylic acid groups (broad SMARTS) is 2. The number of nitrogens with one attached hydrogen (secondary N) is 2. The molecule has 0 spiro atoms. The number of hydrogen-bond donors (Lipinski definition) is 4. The highest BCUT2D eigenvalue weighted by atomic mass is 19.4. The van der Waals surface area contributed by atoms with Crippen molar-refractivity contribution in [2.75, 3.05) is 36.0 Å². The molecule has 2 aromatic rings. The zero-order valence-electron chi connectivity index (χ0n) is 26.2. The largest absolute Gasteiger partial charge is 0.481 e. The highest BCUT2D eigenvalue weighted by Crippen LogP contribution is 2.35. The average molecular weight is 703 g/mol. The predicted molar refractivity (Wildman–Crippen MR) is 162 cm³/mol. The van der Waals surface area contributed by atoms with Crippen molar-refractivity contribution in [3.8, 4) is 0 Å². The molecule has 12 nitrogen and oxygen atoms in total. The van der Waals surface area contributed by atoms with Gasteiger partial charge in [0.25, 0.3) is 0 Å². The molecule has 2 fully saturated rings. The lowest BCUT2D eigenvalue weighted by molar-refractivity contribution is -0.145. The monoisotopic (exact) mass is 702 g/mol. The molecule has 49 heavy (non-hydrogen) atoms. The van der Waals surface area contributed by atoms with Crippen LogP contribution in [0.25, 0.3) is 0 Å². The van der Waals surface area contributed by atoms with Gasteiger partial charge in [0.1, 0.15) is 23.7 Å². The van der Waals surface area contributed by atoms with E-state index < -0.39 is 66.0 Å². The molecule has 0 radical (unpaired) electrons. The molecule has 4 N–H and O–H groups in total. The Kier molecular flexibility index (Phi) is 11.9. The molecule has 1 aromatic heterocycles. The van der Waals surface area contributed by atoms with Crippen molar-refractivity contribution >= 4 is 35.4 Å². The number of aliphatic carboxylic acids is 2. The van der Waals surface area contributed by atoms with E-state index in [-0.39, 0.29) is 49.9 Å². The number of alkyl halides is 6. The molecule has 2 unspecified atom stereocenters. The summed E-state index contributed by atoms with van der Waals surface area (Å²) in [6.07, 6.45) is -7.96. The first-order valence-electron chi connectivity index (χ1n) is 15.7. The number of halogens is 6. The van der Waals surface area contributed by atoms with E-state index in [0.717, 1.165) is 12.1 Å². The van der Waals surface area contributed by atoms with Gasteiger partial charge in [0.15, 0.2) is 0 Å². The van der Waals surface area contributed by atoms with Gasteiger partial charge in [-0.25, -0.2) is 14.8 Å². The van der Waals surface area contributed by atoms with E-state index in [1.807, 2.05) is 0 Å². The van der Waals surface area contributed by atoms with Gasteiger partial charge in [0, 0.05) is 45.1 Å². The van der Waals surface area contributed by atoms with Gasteiger partial charge >= 0.3 is 24.3 Å². The lowest BCUT2D eigenvalue weighted by Gasteiger charge is -2.41. The highest BCUT2D eigenvalue weighted by Gasteiger charge is 2.40. The third kappa shape index (κ3) is 10.4. The predicted octanol–water partition coefficient (Wildman–Crippen LogP) is 3.88. The number of nitrogens with zero attached hydrogens (tertiary/aromatic N) is 4. The van der Waals surface area contributed by atoms with Gasteiger partial charge in [-0.1, -0.05) is 12.1 Å². The highest BCUT2D eigenvalue weighted by molar-refractivity contribution is 5.87. The first kappa shape index (κ1) is 37.2. The molecule has 18 heteroatoms. The summed E-state index contributed by atoms with van der Waals surface area (Å²) in [4.78, 5) is 57.8. The molecule has 2 aliphatic rings. The fourth-order valence-corrected chi connectivity index (χ4v) is 5.68. The van der Waals surface area contributed by atoms with Gasteiger partial charge in [-0.05, 0) is 62.1 Å². The van der Waals surface area contributed by atoms with Crippen LogP contribution in [-0.2, 0) is 38.0 Å². The zero-order valence-corrected chi connectivity index (χ0v) is 26.2. The second kappa shape index (κ2) is 15.7. The maximum atomic E-state index is 13.8. The summed E-state index contributed by atoms with van der Waals surface area (Å²) in [7, 11) is 0. The van der Waals surface area contributed by atoms with Crippen molar-refractivity contribution in [2.45, 2.75) is 75.8 Å². The number of aromatic nitrogens is 2. The number of amides is 2. The third-order valence-electron chi connectivity index (χ3n) is 8.56. The number of anilines is 2. The Balaban J connectivity index is 1.32. The lowest BCUT2D eigenvalue weighted by atomic mass is 9.92. The number of carboxylic acids is 2. The summed E-state index contributed by atoms with van der Waals surface area (Å²) in [5.41, 5.74) is -0.220. The molecule has 0 aliphatic carbocycles. The van der Waals surface area contributed by atoms with Crippen LogP contribution in [0.4, 0.5) is 38.0 Å². The first-order valence-corrected chi connectivity index (χ1v) is 15.7. The first-order chi connectivity index (χ1) is 23.0. The van der Waals surface area contributed by atoms with Gasteiger partial charge < -0.3 is 30.6 Å². The Morgan fingerprint density at radius 2 is 1.53 bits per heavy atom. The van der Waals surface area contributed by atoms with Gasteiger partial charge in [0.2, 0.25) is 17.6 Å². The number of hydrogen-bond acceptors (Lipinski definition) is 8. The van der Waals surface area contributed by atoms with Crippen LogP contribution in [0.2, 0.25) is 0 Å². The van der Waals surface area contributed by atoms with Crippen molar-refractivity contribution in [3.63, 3.8) is 0 Å². The van der Waals surface area contributed by atoms with Gasteiger partial charge in [-0.2, -0.15) is 26.3 Å². The normalized spacial score (nSPS) is 17.6. The van der Waals surface area contributed by atoms with E-state index in [2.05, 4.69) is 20.6 Å². The van der Waals surface area contributed by atoms with Crippen LogP contribution >= 0.6 is 0 Å². The molecule has 2 atom stereocenters. The summed E-state index contributed by atoms with van der Waals surface area (Å²) in [5, 5.41) is 23.0. The Morgan fingerprint density at radius 1 is 0.878 bits per heavy atom. The summed E-state index contributed by atoms with van der Waals surface area (Å²) in [6.45, 7) is 1.03. The van der Waals surface area contributed by atoms with E-state index >= 15 is 0 Å². The molecule has 2 aliphatic heterocycles. The van der Waals surface area contributed by atoms with Crippen molar-refractivity contribution in [1.82, 2.24) is 20.6 Å². The molecule has 3 heterocycles. The molecule has 0 bridgehead atoms. The molecular formula is C31H36F6N6O6. The van der Waals surface area contributed by atoms with E-state index in [0.29, 0.717) is 44.3 Å². The Morgan fingerprint density at radius 3 is 2.08 bits per heavy atom. The minimum atomic E-state index is -4.86. The van der Waals surface area contributed by atoms with Crippen molar-refractivity contribution in [2.24, 2.45) is 5.92 Å². The Hall–Kier alpha value is -4.64. The SMILES string of the molecule is O=C(O)CCC(NC(=O)CCC1CCN(c2cc(N3CCC3C(=O)NCCc3ccc(C(F)(F)F)cc3)nc(C(F)(F)F)n2)CC1)C(=O)O. The maximum Gasteiger partial charge on any atom is 0.451 e. The molecular weight excluding hydrogens is 666 g/mol. The number of rotatable bonds is 14. The van der Waals surface area contributed by atoms with Crippen molar-refractivity contribution in [3.05, 3.63) is 47.3 Å². The summed E-state index contributed by atoms with van der Waals surface area (Å²) in [5.74, 6) is -4.88. The van der Waals surface area contributed by atoms with Gasteiger partial charge in [0.05, 0.1) is 5.56 Å². The quantitative estimate of drug-likeness (QED) is 0.213. The number of carbonyl (C=O) groups excluding carboxylic acids is 2. The second-order valence-corrected chi connectivity index (χ2v) is 12.0. The number of piperidine rings is 1. The van der Waals surface area contributed by atoms with E-state index in [1.165, 1.54) is 23.1 Å². The van der Waals surface area contributed by atoms with Crippen LogP contribution in [0.1, 0.15) is 61.9 Å². The van der Waals surface area contributed by atoms with Crippen LogP contribution in [0.5, 0.6) is 0 Å². The van der Waals surface area contributed by atoms with E-state index in [1.54, 1.807) is 4.90 Å². The van der Waals surface area contributed by atoms with Crippen LogP contribution in [0, 0.1) is 5.92 Å². The molecule has 4 rings (SSSR count). The van der Waals surface area contributed by atoms with Gasteiger partial charge in [-0.3, -0.25) is 14.4 Å². The fourth-order valence-electron chi connectivity index (χ4n) is 5.68. The third-order valence-corrected chi connectivity index (χ3v) is 8.56. The zero-order chi connectivity index (χ0) is 35.9. The van der Waals surface area contributed by atoms with Gasteiger partial charge in [-0.15, -0.1) is 0 Å². The fraction of sp³-hybridized carbons (Fsp3) is 0.548. The molecule has 1 aromatic carbocycles. The van der Waals surface area contributed by atoms with Crippen LogP contribution in [0.15, 0.2) is 30.3 Å². The minimum Gasteiger partial charge on any atom is -0.481 e. The van der Waals surface area contributed by atoms with Crippen LogP contribution in [-0.4, -0.2) is 82.2 Å². The topological polar surface area (TPSA) is 165 Å². The molecule has 2 saturated heterocycles. The maximum absolute atomic E-state index is 13.8. The summed E-state index contributed by atoms with van der Waals surface area (Å²) in [6, 6.07) is 3.80. The second-order valence-electron chi connectivity index (χ2n) is 12.0. The minimum absolute atomic E-state index is 0.000144. The number of carbonyl (C=O) groups is 4. The van der Waals surface area contributed by atoms with Crippen LogP contribution < -0.4 is 20.4 Å². The Bertz CT molecular complexity index is 1500. The van der Waals surface area contributed by atoms with Crippen molar-refractivity contribution in [1.29, 1.82) is 0 Å². The van der Waals surface area contributed by atoms with Crippen LogP contribution in [0.3, 0.4) is 0 Å². The molecule has 2 amide bonds. The molecule has 268 valence electrons. The number of benzene rings is 1. The summed E-state index contributed by atoms with van der Waals surface area (Å²) < 4.78 is 79.9.